The van der Waals surface area contributed by atoms with E-state index < -0.39 is 10.0 Å². The molecule has 7 heteroatoms. The predicted molar refractivity (Wildman–Crippen MR) is 142 cm³/mol. The van der Waals surface area contributed by atoms with Crippen molar-refractivity contribution < 1.29 is 17.9 Å². The summed E-state index contributed by atoms with van der Waals surface area (Å²) in [4.78, 5) is 13.3. The monoisotopic (exact) mass is 500 g/mol. The van der Waals surface area contributed by atoms with Gasteiger partial charge in [-0.3, -0.25) is 9.10 Å². The minimum Gasteiger partial charge on any atom is -0.492 e. The van der Waals surface area contributed by atoms with Gasteiger partial charge in [0.2, 0.25) is 0 Å². The molecule has 0 aromatic heterocycles. The molecule has 0 radical (unpaired) electrons. The predicted octanol–water partition coefficient (Wildman–Crippen LogP) is 5.20. The molecule has 36 heavy (non-hydrogen) atoms. The lowest BCUT2D eigenvalue weighted by Gasteiger charge is -2.26. The van der Waals surface area contributed by atoms with Gasteiger partial charge in [-0.2, -0.15) is 0 Å². The molecule has 0 spiro atoms. The average molecular weight is 501 g/mol. The van der Waals surface area contributed by atoms with Gasteiger partial charge >= 0.3 is 0 Å². The van der Waals surface area contributed by atoms with Gasteiger partial charge in [-0.15, -0.1) is 0 Å². The Morgan fingerprint density at radius 3 is 2.11 bits per heavy atom. The largest absolute Gasteiger partial charge is 0.492 e. The molecule has 184 valence electrons. The Hall–Kier alpha value is -4.10. The fourth-order valence-corrected chi connectivity index (χ4v) is 5.19. The number of nitrogens with one attached hydrogen (secondary N) is 1. The first-order valence-corrected chi connectivity index (χ1v) is 13.1. The zero-order valence-corrected chi connectivity index (χ0v) is 20.8. The van der Waals surface area contributed by atoms with Crippen LogP contribution in [0.25, 0.3) is 0 Å². The van der Waals surface area contributed by atoms with E-state index in [1.54, 1.807) is 48.5 Å². The Balaban J connectivity index is 1.61. The number of hydrogen-bond acceptors (Lipinski definition) is 4. The summed E-state index contributed by atoms with van der Waals surface area (Å²) in [6.45, 7) is 2.54. The quantitative estimate of drug-likeness (QED) is 0.304. The van der Waals surface area contributed by atoms with Crippen molar-refractivity contribution in [2.24, 2.45) is 0 Å². The van der Waals surface area contributed by atoms with Gasteiger partial charge in [0.05, 0.1) is 29.2 Å². The lowest BCUT2D eigenvalue weighted by Crippen LogP contribution is -2.34. The molecule has 0 atom stereocenters. The number of carbonyl (C=O) groups excluding carboxylic acids is 1. The Morgan fingerprint density at radius 2 is 1.42 bits per heavy atom. The molecule has 0 aliphatic carbocycles. The van der Waals surface area contributed by atoms with Crippen molar-refractivity contribution in [3.63, 3.8) is 0 Å². The molecule has 4 aromatic rings. The maximum atomic E-state index is 13.8. The summed E-state index contributed by atoms with van der Waals surface area (Å²) in [6.07, 6.45) is 0. The van der Waals surface area contributed by atoms with Crippen LogP contribution in [0.4, 0.5) is 5.69 Å². The third-order valence-corrected chi connectivity index (χ3v) is 7.37. The summed E-state index contributed by atoms with van der Waals surface area (Å²) in [7, 11) is -3.96. The van der Waals surface area contributed by atoms with Crippen LogP contribution >= 0.6 is 0 Å². The number of nitrogens with zero attached hydrogens (tertiary/aromatic N) is 1. The number of sulfonamides is 1. The van der Waals surface area contributed by atoms with Crippen LogP contribution in [0.1, 0.15) is 21.5 Å². The molecule has 4 aromatic carbocycles. The highest BCUT2D eigenvalue weighted by molar-refractivity contribution is 7.92. The number of para-hydroxylation sites is 2. The fraction of sp³-hybridized carbons (Fsp3) is 0.138. The second-order valence-corrected chi connectivity index (χ2v) is 10.1. The van der Waals surface area contributed by atoms with Gasteiger partial charge in [-0.05, 0) is 48.9 Å². The second-order valence-electron chi connectivity index (χ2n) is 8.24. The van der Waals surface area contributed by atoms with Gasteiger partial charge in [0.1, 0.15) is 12.4 Å². The first-order chi connectivity index (χ1) is 17.4. The molecule has 0 bridgehead atoms. The normalized spacial score (nSPS) is 11.0. The van der Waals surface area contributed by atoms with Gasteiger partial charge in [0.15, 0.2) is 0 Å². The van der Waals surface area contributed by atoms with Crippen molar-refractivity contribution in [3.05, 3.63) is 126 Å². The molecule has 0 aliphatic rings. The van der Waals surface area contributed by atoms with Crippen molar-refractivity contribution >= 4 is 21.6 Å². The fourth-order valence-electron chi connectivity index (χ4n) is 3.71. The zero-order valence-electron chi connectivity index (χ0n) is 20.0. The van der Waals surface area contributed by atoms with Gasteiger partial charge in [0.25, 0.3) is 15.9 Å². The van der Waals surface area contributed by atoms with E-state index in [0.717, 1.165) is 11.1 Å². The third kappa shape index (κ3) is 6.12. The van der Waals surface area contributed by atoms with Crippen molar-refractivity contribution in [2.45, 2.75) is 18.4 Å². The Bertz CT molecular complexity index is 1390. The smallest absolute Gasteiger partial charge is 0.264 e. The van der Waals surface area contributed by atoms with Crippen LogP contribution in [0.3, 0.4) is 0 Å². The van der Waals surface area contributed by atoms with Gasteiger partial charge < -0.3 is 10.1 Å². The van der Waals surface area contributed by atoms with E-state index in [2.05, 4.69) is 5.32 Å². The van der Waals surface area contributed by atoms with E-state index >= 15 is 0 Å². The van der Waals surface area contributed by atoms with Crippen LogP contribution in [-0.2, 0) is 16.6 Å². The van der Waals surface area contributed by atoms with Gasteiger partial charge in [0, 0.05) is 0 Å². The molecule has 0 unspecified atom stereocenters. The third-order valence-electron chi connectivity index (χ3n) is 5.59. The van der Waals surface area contributed by atoms with Crippen LogP contribution in [0.2, 0.25) is 0 Å². The average Bonchev–Trinajstić information content (AvgIpc) is 2.91. The molecule has 1 N–H and O–H groups in total. The molecule has 0 fully saturated rings. The Labute approximate surface area is 212 Å². The van der Waals surface area contributed by atoms with Crippen molar-refractivity contribution in [3.8, 4) is 5.75 Å². The highest BCUT2D eigenvalue weighted by Crippen LogP contribution is 2.29. The lowest BCUT2D eigenvalue weighted by molar-refractivity contribution is 0.0947. The van der Waals surface area contributed by atoms with Crippen LogP contribution in [0.5, 0.6) is 5.75 Å². The Kier molecular flexibility index (Phi) is 8.02. The highest BCUT2D eigenvalue weighted by Gasteiger charge is 2.28. The first kappa shape index (κ1) is 25.0. The summed E-state index contributed by atoms with van der Waals surface area (Å²) >= 11 is 0. The van der Waals surface area contributed by atoms with Gasteiger partial charge in [-0.1, -0.05) is 78.4 Å². The number of amides is 1. The minimum atomic E-state index is -3.96. The summed E-state index contributed by atoms with van der Waals surface area (Å²) in [5.41, 5.74) is 2.34. The minimum absolute atomic E-state index is 0.0818. The van der Waals surface area contributed by atoms with E-state index in [1.165, 1.54) is 4.31 Å². The summed E-state index contributed by atoms with van der Waals surface area (Å²) < 4.78 is 34.6. The molecule has 0 saturated heterocycles. The maximum absolute atomic E-state index is 13.8. The molecule has 4 rings (SSSR count). The summed E-state index contributed by atoms with van der Waals surface area (Å²) in [5.74, 6) is 0.338. The van der Waals surface area contributed by atoms with Crippen LogP contribution in [-0.4, -0.2) is 27.5 Å². The molecular weight excluding hydrogens is 472 g/mol. The van der Waals surface area contributed by atoms with E-state index in [0.29, 0.717) is 11.4 Å². The van der Waals surface area contributed by atoms with Gasteiger partial charge in [-0.25, -0.2) is 8.42 Å². The maximum Gasteiger partial charge on any atom is 0.264 e. The van der Waals surface area contributed by atoms with Crippen molar-refractivity contribution in [1.29, 1.82) is 0 Å². The van der Waals surface area contributed by atoms with E-state index in [-0.39, 0.29) is 36.1 Å². The van der Waals surface area contributed by atoms with E-state index in [1.807, 2.05) is 67.6 Å². The number of anilines is 1. The van der Waals surface area contributed by atoms with Crippen molar-refractivity contribution in [2.75, 3.05) is 17.5 Å². The molecule has 1 amide bonds. The topological polar surface area (TPSA) is 75.7 Å². The molecule has 6 nitrogen and oxygen atoms in total. The standard InChI is InChI=1S/C29H28N2O4S/c1-23-16-18-26(19-17-23)36(33,34)31(22-24-10-4-2-5-11-24)28-15-9-8-14-27(28)29(32)30-20-21-35-25-12-6-3-7-13-25/h2-19H,20-22H2,1H3,(H,30,32). The SMILES string of the molecule is Cc1ccc(S(=O)(=O)N(Cc2ccccc2)c2ccccc2C(=O)NCCOc2ccccc2)cc1. The van der Waals surface area contributed by atoms with E-state index in [9.17, 15) is 13.2 Å². The Morgan fingerprint density at radius 1 is 0.806 bits per heavy atom. The highest BCUT2D eigenvalue weighted by atomic mass is 32.2. The van der Waals surface area contributed by atoms with Crippen LogP contribution in [0, 0.1) is 6.92 Å². The zero-order chi connectivity index (χ0) is 25.4. The number of hydrogen-bond donors (Lipinski definition) is 1. The number of carbonyl (C=O) groups is 1. The number of benzene rings is 4. The molecule has 0 aliphatic heterocycles. The number of rotatable bonds is 10. The van der Waals surface area contributed by atoms with Crippen LogP contribution in [0.15, 0.2) is 114 Å². The molecular formula is C29H28N2O4S. The van der Waals surface area contributed by atoms with Crippen LogP contribution < -0.4 is 14.4 Å². The molecule has 0 heterocycles. The van der Waals surface area contributed by atoms with Crippen molar-refractivity contribution in [1.82, 2.24) is 5.32 Å². The summed E-state index contributed by atoms with van der Waals surface area (Å²) in [5, 5.41) is 2.84. The lowest BCUT2D eigenvalue weighted by atomic mass is 10.1. The second kappa shape index (κ2) is 11.6. The first-order valence-electron chi connectivity index (χ1n) is 11.6. The summed E-state index contributed by atoms with van der Waals surface area (Å²) in [6, 6.07) is 32.1. The number of ether oxygens (including phenoxy) is 1. The molecule has 0 saturated carbocycles. The van der Waals surface area contributed by atoms with E-state index in [4.69, 9.17) is 4.74 Å². The number of aryl methyl sites for hydroxylation is 1.